The Kier molecular flexibility index (Phi) is 4.11. The smallest absolute Gasteiger partial charge is 0.275 e. The first kappa shape index (κ1) is 15.6. The molecule has 0 saturated carbocycles. The second-order valence-corrected chi connectivity index (χ2v) is 7.39. The van der Waals surface area contributed by atoms with Gasteiger partial charge in [0.25, 0.3) is 10.0 Å². The van der Waals surface area contributed by atoms with Gasteiger partial charge in [-0.15, -0.1) is 0 Å². The van der Waals surface area contributed by atoms with Crippen LogP contribution in [0.2, 0.25) is 0 Å². The molecule has 0 N–H and O–H groups in total. The molecule has 0 radical (unpaired) electrons. The minimum Gasteiger partial charge on any atom is -0.486 e. The summed E-state index contributed by atoms with van der Waals surface area (Å²) in [6, 6.07) is 16.8. The summed E-state index contributed by atoms with van der Waals surface area (Å²) in [7, 11) is -0.634. The minimum absolute atomic E-state index is 0.0837. The van der Waals surface area contributed by atoms with Crippen LogP contribution in [0.4, 0.5) is 0 Å². The molecule has 120 valence electrons. The van der Waals surface area contributed by atoms with E-state index >= 15 is 0 Å². The van der Waals surface area contributed by atoms with Crippen molar-refractivity contribution < 1.29 is 17.6 Å². The standard InChI is InChI=1S/C17H17NO4S/c1-18(2)23(19,20)17-10-9-16(22-17)12-21-15-8-7-13-5-3-4-6-14(13)11-15/h3-11H,12H2,1-2H3. The number of hydrogen-bond acceptors (Lipinski definition) is 4. The van der Waals surface area contributed by atoms with Gasteiger partial charge in [-0.3, -0.25) is 0 Å². The highest BCUT2D eigenvalue weighted by molar-refractivity contribution is 7.88. The summed E-state index contributed by atoms with van der Waals surface area (Å²) < 4.78 is 36.1. The Bertz CT molecular complexity index is 928. The van der Waals surface area contributed by atoms with Gasteiger partial charge in [-0.2, -0.15) is 0 Å². The van der Waals surface area contributed by atoms with E-state index in [0.29, 0.717) is 11.5 Å². The van der Waals surface area contributed by atoms with E-state index in [1.807, 2.05) is 42.5 Å². The van der Waals surface area contributed by atoms with E-state index in [-0.39, 0.29) is 11.7 Å². The monoisotopic (exact) mass is 331 g/mol. The zero-order valence-corrected chi connectivity index (χ0v) is 13.7. The first-order valence-corrected chi connectivity index (χ1v) is 8.54. The van der Waals surface area contributed by atoms with Gasteiger partial charge in [0.05, 0.1) is 0 Å². The SMILES string of the molecule is CN(C)S(=O)(=O)c1ccc(COc2ccc3ccccc3c2)o1. The summed E-state index contributed by atoms with van der Waals surface area (Å²) in [6.45, 7) is 0.168. The molecule has 0 spiro atoms. The molecule has 0 amide bonds. The summed E-state index contributed by atoms with van der Waals surface area (Å²) in [6.07, 6.45) is 0. The van der Waals surface area contributed by atoms with Gasteiger partial charge in [0.1, 0.15) is 18.1 Å². The Morgan fingerprint density at radius 1 is 1.00 bits per heavy atom. The molecular formula is C17H17NO4S. The molecule has 0 unspecified atom stereocenters. The Labute approximate surface area is 135 Å². The second-order valence-electron chi connectivity index (χ2n) is 5.31. The third kappa shape index (κ3) is 3.23. The molecule has 0 aliphatic carbocycles. The molecule has 1 aromatic heterocycles. The first-order valence-electron chi connectivity index (χ1n) is 7.10. The molecule has 0 atom stereocenters. The molecule has 3 aromatic rings. The normalized spacial score (nSPS) is 12.0. The lowest BCUT2D eigenvalue weighted by Gasteiger charge is -2.08. The average Bonchev–Trinajstić information content (AvgIpc) is 3.02. The fourth-order valence-corrected chi connectivity index (χ4v) is 2.98. The number of furan rings is 1. The van der Waals surface area contributed by atoms with E-state index in [2.05, 4.69) is 0 Å². The molecule has 1 heterocycles. The fraction of sp³-hybridized carbons (Fsp3) is 0.176. The number of hydrogen-bond donors (Lipinski definition) is 0. The van der Waals surface area contributed by atoms with Crippen LogP contribution < -0.4 is 4.74 Å². The molecule has 2 aromatic carbocycles. The summed E-state index contributed by atoms with van der Waals surface area (Å²) in [5.74, 6) is 1.16. The largest absolute Gasteiger partial charge is 0.486 e. The number of fused-ring (bicyclic) bond motifs is 1. The van der Waals surface area contributed by atoms with Crippen molar-refractivity contribution in [1.82, 2.24) is 4.31 Å². The Hall–Kier alpha value is -2.31. The first-order chi connectivity index (χ1) is 11.0. The van der Waals surface area contributed by atoms with Gasteiger partial charge >= 0.3 is 0 Å². The topological polar surface area (TPSA) is 59.8 Å². The van der Waals surface area contributed by atoms with E-state index in [1.54, 1.807) is 6.07 Å². The van der Waals surface area contributed by atoms with Gasteiger partial charge in [-0.05, 0) is 35.0 Å². The quantitative estimate of drug-likeness (QED) is 0.720. The van der Waals surface area contributed by atoms with E-state index in [0.717, 1.165) is 15.1 Å². The van der Waals surface area contributed by atoms with E-state index in [1.165, 1.54) is 20.2 Å². The predicted octanol–water partition coefficient (Wildman–Crippen LogP) is 3.26. The molecular weight excluding hydrogens is 314 g/mol. The zero-order valence-electron chi connectivity index (χ0n) is 12.9. The summed E-state index contributed by atoms with van der Waals surface area (Å²) in [5, 5.41) is 2.14. The molecule has 0 fully saturated rings. The maximum absolute atomic E-state index is 12.0. The van der Waals surface area contributed by atoms with Crippen LogP contribution in [-0.4, -0.2) is 26.8 Å². The van der Waals surface area contributed by atoms with Gasteiger partial charge in [0.2, 0.25) is 5.09 Å². The van der Waals surface area contributed by atoms with Crippen molar-refractivity contribution in [3.8, 4) is 5.75 Å². The lowest BCUT2D eigenvalue weighted by atomic mass is 10.1. The van der Waals surface area contributed by atoms with Gasteiger partial charge < -0.3 is 9.15 Å². The van der Waals surface area contributed by atoms with Gasteiger partial charge in [0.15, 0.2) is 0 Å². The van der Waals surface area contributed by atoms with E-state index in [4.69, 9.17) is 9.15 Å². The van der Waals surface area contributed by atoms with E-state index in [9.17, 15) is 8.42 Å². The highest BCUT2D eigenvalue weighted by Gasteiger charge is 2.21. The van der Waals surface area contributed by atoms with Crippen LogP contribution in [0.1, 0.15) is 5.76 Å². The van der Waals surface area contributed by atoms with Crippen LogP contribution in [0.3, 0.4) is 0 Å². The average molecular weight is 331 g/mol. The molecule has 0 aliphatic rings. The minimum atomic E-state index is -3.56. The summed E-state index contributed by atoms with van der Waals surface area (Å²) in [5.41, 5.74) is 0. The number of sulfonamides is 1. The molecule has 3 rings (SSSR count). The third-order valence-corrected chi connectivity index (χ3v) is 5.16. The maximum atomic E-state index is 12.0. The van der Waals surface area contributed by atoms with Gasteiger partial charge in [-0.1, -0.05) is 30.3 Å². The predicted molar refractivity (Wildman–Crippen MR) is 87.9 cm³/mol. The molecule has 0 bridgehead atoms. The lowest BCUT2D eigenvalue weighted by Crippen LogP contribution is -2.21. The zero-order chi connectivity index (χ0) is 16.4. The maximum Gasteiger partial charge on any atom is 0.275 e. The van der Waals surface area contributed by atoms with Gasteiger partial charge in [0, 0.05) is 14.1 Å². The molecule has 0 saturated heterocycles. The fourth-order valence-electron chi connectivity index (χ4n) is 2.17. The number of nitrogens with zero attached hydrogens (tertiary/aromatic N) is 1. The van der Waals surface area contributed by atoms with Crippen LogP contribution >= 0.6 is 0 Å². The molecule has 5 nitrogen and oxygen atoms in total. The van der Waals surface area contributed by atoms with Crippen molar-refractivity contribution >= 4 is 20.8 Å². The van der Waals surface area contributed by atoms with Crippen LogP contribution in [0.15, 0.2) is 64.1 Å². The summed E-state index contributed by atoms with van der Waals surface area (Å²) in [4.78, 5) is 0. The van der Waals surface area contributed by atoms with Crippen molar-refractivity contribution in [1.29, 1.82) is 0 Å². The molecule has 0 aliphatic heterocycles. The van der Waals surface area contributed by atoms with Crippen LogP contribution in [0.25, 0.3) is 10.8 Å². The Morgan fingerprint density at radius 3 is 2.48 bits per heavy atom. The van der Waals surface area contributed by atoms with Crippen molar-refractivity contribution in [2.75, 3.05) is 14.1 Å². The lowest BCUT2D eigenvalue weighted by molar-refractivity contribution is 0.257. The number of rotatable bonds is 5. The van der Waals surface area contributed by atoms with Crippen molar-refractivity contribution in [2.45, 2.75) is 11.7 Å². The van der Waals surface area contributed by atoms with Crippen LogP contribution in [0, 0.1) is 0 Å². The van der Waals surface area contributed by atoms with Gasteiger partial charge in [-0.25, -0.2) is 12.7 Å². The highest BCUT2D eigenvalue weighted by atomic mass is 32.2. The molecule has 23 heavy (non-hydrogen) atoms. The van der Waals surface area contributed by atoms with Crippen molar-refractivity contribution in [2.24, 2.45) is 0 Å². The molecule has 6 heteroatoms. The number of ether oxygens (including phenoxy) is 1. The Balaban J connectivity index is 1.74. The highest BCUT2D eigenvalue weighted by Crippen LogP contribution is 2.22. The second kappa shape index (κ2) is 6.06. The van der Waals surface area contributed by atoms with Crippen LogP contribution in [0.5, 0.6) is 5.75 Å². The van der Waals surface area contributed by atoms with E-state index < -0.39 is 10.0 Å². The van der Waals surface area contributed by atoms with Crippen molar-refractivity contribution in [3.63, 3.8) is 0 Å². The number of benzene rings is 2. The van der Waals surface area contributed by atoms with Crippen molar-refractivity contribution in [3.05, 3.63) is 60.4 Å². The summed E-state index contributed by atoms with van der Waals surface area (Å²) >= 11 is 0. The van der Waals surface area contributed by atoms with Crippen LogP contribution in [-0.2, 0) is 16.6 Å². The Morgan fingerprint density at radius 2 is 1.74 bits per heavy atom. The third-order valence-electron chi connectivity index (χ3n) is 3.47.